The van der Waals surface area contributed by atoms with Crippen molar-refractivity contribution in [3.05, 3.63) is 71.9 Å². The summed E-state index contributed by atoms with van der Waals surface area (Å²) >= 11 is 0. The Morgan fingerprint density at radius 1 is 1.03 bits per heavy atom. The summed E-state index contributed by atoms with van der Waals surface area (Å²) in [6.45, 7) is 2.02. The lowest BCUT2D eigenvalue weighted by molar-refractivity contribution is 0.299. The highest BCUT2D eigenvalue weighted by Crippen LogP contribution is 2.39. The van der Waals surface area contributed by atoms with Crippen LogP contribution in [0.2, 0.25) is 0 Å². The summed E-state index contributed by atoms with van der Waals surface area (Å²) in [5.74, 6) is 1.01. The van der Waals surface area contributed by atoms with Crippen LogP contribution >= 0.6 is 0 Å². The van der Waals surface area contributed by atoms with Gasteiger partial charge in [-0.1, -0.05) is 30.4 Å². The number of nitrogens with two attached hydrogens (primary N) is 1. The average Bonchev–Trinajstić information content (AvgIpc) is 3.68. The summed E-state index contributed by atoms with van der Waals surface area (Å²) in [6, 6.07) is 19.4. The fourth-order valence-electron chi connectivity index (χ4n) is 4.24. The van der Waals surface area contributed by atoms with Crippen molar-refractivity contribution < 1.29 is 4.74 Å². The summed E-state index contributed by atoms with van der Waals surface area (Å²) in [7, 11) is 18.7. The van der Waals surface area contributed by atoms with Crippen LogP contribution in [0.5, 0.6) is 5.75 Å². The number of aromatic nitrogens is 2. The third kappa shape index (κ3) is 4.76. The maximum Gasteiger partial charge on any atom is 0.142 e. The van der Waals surface area contributed by atoms with E-state index in [2.05, 4.69) is 16.0 Å². The molecule has 6 radical (unpaired) electrons. The molecule has 2 N–H and O–H groups in total. The van der Waals surface area contributed by atoms with Crippen LogP contribution in [-0.2, 0) is 6.42 Å². The van der Waals surface area contributed by atoms with Gasteiger partial charge in [0.15, 0.2) is 0 Å². The van der Waals surface area contributed by atoms with Gasteiger partial charge >= 0.3 is 0 Å². The Bertz CT molecular complexity index is 1470. The molecule has 6 nitrogen and oxygen atoms in total. The minimum atomic E-state index is -1.71. The molecule has 1 saturated carbocycles. The molecule has 0 atom stereocenters. The minimum Gasteiger partial charge on any atom is -0.489 e. The maximum absolute atomic E-state index is 9.85. The number of hydrogen-bond acceptors (Lipinski definition) is 6. The predicted octanol–water partition coefficient (Wildman–Crippen LogP) is 4.11. The van der Waals surface area contributed by atoms with E-state index < -0.39 is 5.24 Å². The number of benzene rings is 3. The molecule has 5 rings (SSSR count). The van der Waals surface area contributed by atoms with Crippen molar-refractivity contribution in [1.29, 1.82) is 5.26 Å². The summed E-state index contributed by atoms with van der Waals surface area (Å²) in [5, 5.41) is 8.13. The van der Waals surface area contributed by atoms with E-state index in [0.717, 1.165) is 40.6 Å². The summed E-state index contributed by atoms with van der Waals surface area (Å²) < 4.78 is 6.05. The molecule has 170 valence electrons. The van der Waals surface area contributed by atoms with Crippen LogP contribution in [0.25, 0.3) is 22.2 Å². The third-order valence-corrected chi connectivity index (χ3v) is 6.13. The van der Waals surface area contributed by atoms with Gasteiger partial charge in [-0.15, -0.1) is 0 Å². The Labute approximate surface area is 214 Å². The first kappa shape index (κ1) is 23.8. The van der Waals surface area contributed by atoms with Crippen LogP contribution in [0, 0.1) is 11.3 Å². The van der Waals surface area contributed by atoms with Crippen LogP contribution in [0.4, 0.5) is 17.2 Å². The standard InChI is InChI=1S/C27H22B3N5O/c1-2-16-11-21(12-19(14-31)26(16)36-22-8-9-22)35(27(28,29)30)20-6-3-17(4-7-20)18-5-10-23-24(13-18)33-15-25(32)34-23/h3-7,10-13,15,22H,2,8-9H2,1H3,(H2,32,34). The normalized spacial score (nSPS) is 13.3. The molecule has 36 heavy (non-hydrogen) atoms. The molecule has 0 unspecified atom stereocenters. The Morgan fingerprint density at radius 3 is 2.39 bits per heavy atom. The first-order chi connectivity index (χ1) is 17.3. The fourth-order valence-corrected chi connectivity index (χ4v) is 4.24. The molecule has 3 aromatic carbocycles. The van der Waals surface area contributed by atoms with Gasteiger partial charge in [0.25, 0.3) is 0 Å². The molecule has 0 bridgehead atoms. The second kappa shape index (κ2) is 9.27. The van der Waals surface area contributed by atoms with Crippen LogP contribution in [0.3, 0.4) is 0 Å². The van der Waals surface area contributed by atoms with E-state index in [4.69, 9.17) is 34.0 Å². The van der Waals surface area contributed by atoms with Crippen molar-refractivity contribution in [2.45, 2.75) is 37.5 Å². The van der Waals surface area contributed by atoms with Gasteiger partial charge in [-0.05, 0) is 72.4 Å². The summed E-state index contributed by atoms with van der Waals surface area (Å²) in [5.41, 5.74) is 11.8. The van der Waals surface area contributed by atoms with E-state index in [1.165, 1.54) is 6.20 Å². The van der Waals surface area contributed by atoms with Gasteiger partial charge in [0.1, 0.15) is 17.6 Å². The minimum absolute atomic E-state index is 0.174. The van der Waals surface area contributed by atoms with Crippen molar-refractivity contribution in [2.75, 3.05) is 10.6 Å². The number of ether oxygens (including phenoxy) is 1. The van der Waals surface area contributed by atoms with Crippen LogP contribution in [0.1, 0.15) is 30.9 Å². The lowest BCUT2D eigenvalue weighted by atomic mass is 9.48. The summed E-state index contributed by atoms with van der Waals surface area (Å²) in [6.07, 6.45) is 4.40. The zero-order chi connectivity index (χ0) is 25.4. The van der Waals surface area contributed by atoms with Gasteiger partial charge in [0.05, 0.1) is 52.4 Å². The quantitative estimate of drug-likeness (QED) is 0.414. The molecular weight excluding hydrogens is 443 g/mol. The molecule has 4 aromatic rings. The second-order valence-electron chi connectivity index (χ2n) is 9.03. The Balaban J connectivity index is 1.52. The van der Waals surface area contributed by atoms with Gasteiger partial charge < -0.3 is 15.4 Å². The monoisotopic (exact) mass is 465 g/mol. The molecule has 0 spiro atoms. The van der Waals surface area contributed by atoms with Crippen molar-refractivity contribution >= 4 is 51.8 Å². The molecule has 9 heteroatoms. The lowest BCUT2D eigenvalue weighted by Crippen LogP contribution is -2.48. The largest absolute Gasteiger partial charge is 0.489 e. The highest BCUT2D eigenvalue weighted by molar-refractivity contribution is 6.61. The summed E-state index contributed by atoms with van der Waals surface area (Å²) in [4.78, 5) is 10.3. The Morgan fingerprint density at radius 2 is 1.75 bits per heavy atom. The smallest absolute Gasteiger partial charge is 0.142 e. The Hall–Kier alpha value is -3.92. The van der Waals surface area contributed by atoms with Crippen molar-refractivity contribution in [2.24, 2.45) is 0 Å². The topological polar surface area (TPSA) is 88.1 Å². The average molecular weight is 465 g/mol. The van der Waals surface area contributed by atoms with Crippen LogP contribution < -0.4 is 15.4 Å². The van der Waals surface area contributed by atoms with E-state index >= 15 is 0 Å². The molecule has 0 amide bonds. The van der Waals surface area contributed by atoms with E-state index in [-0.39, 0.29) is 6.10 Å². The zero-order valence-corrected chi connectivity index (χ0v) is 20.0. The molecular formula is C27H22B3N5O. The van der Waals surface area contributed by atoms with E-state index in [9.17, 15) is 5.26 Å². The van der Waals surface area contributed by atoms with Gasteiger partial charge in [-0.25, -0.2) is 4.98 Å². The van der Waals surface area contributed by atoms with Crippen LogP contribution in [-0.4, -0.2) is 44.8 Å². The van der Waals surface area contributed by atoms with Crippen molar-refractivity contribution in [3.63, 3.8) is 0 Å². The van der Waals surface area contributed by atoms with Gasteiger partial charge in [0.2, 0.25) is 0 Å². The number of nitrogens with zero attached hydrogens (tertiary/aromatic N) is 4. The molecule has 1 aromatic heterocycles. The molecule has 1 aliphatic rings. The van der Waals surface area contributed by atoms with Gasteiger partial charge in [0, 0.05) is 11.4 Å². The lowest BCUT2D eigenvalue weighted by Gasteiger charge is -2.40. The highest BCUT2D eigenvalue weighted by atomic mass is 16.5. The first-order valence-electron chi connectivity index (χ1n) is 11.8. The number of rotatable bonds is 7. The fraction of sp³-hybridized carbons (Fsp3) is 0.222. The van der Waals surface area contributed by atoms with Gasteiger partial charge in [-0.2, -0.15) is 5.26 Å². The zero-order valence-electron chi connectivity index (χ0n) is 20.0. The molecule has 0 aliphatic heterocycles. The number of aryl methyl sites for hydroxylation is 1. The molecule has 1 heterocycles. The number of nitriles is 1. The highest BCUT2D eigenvalue weighted by Gasteiger charge is 2.28. The number of anilines is 3. The van der Waals surface area contributed by atoms with E-state index in [1.54, 1.807) is 11.0 Å². The van der Waals surface area contributed by atoms with Crippen LogP contribution in [0.15, 0.2) is 60.8 Å². The molecule has 1 aliphatic carbocycles. The maximum atomic E-state index is 9.85. The van der Waals surface area contributed by atoms with Crippen molar-refractivity contribution in [3.8, 4) is 22.9 Å². The predicted molar refractivity (Wildman–Crippen MR) is 146 cm³/mol. The SMILES string of the molecule is [B]C([B])([B])N(c1ccc(-c2ccc3nc(N)cnc3c2)cc1)c1cc(C#N)c(OC2CC2)c(CC)c1. The van der Waals surface area contributed by atoms with Crippen molar-refractivity contribution in [1.82, 2.24) is 9.97 Å². The molecule has 1 fully saturated rings. The van der Waals surface area contributed by atoms with E-state index in [0.29, 0.717) is 34.9 Å². The third-order valence-electron chi connectivity index (χ3n) is 6.13. The van der Waals surface area contributed by atoms with E-state index in [1.807, 2.05) is 55.5 Å². The Kier molecular flexibility index (Phi) is 6.13. The van der Waals surface area contributed by atoms with Gasteiger partial charge in [-0.3, -0.25) is 4.98 Å². The first-order valence-corrected chi connectivity index (χ1v) is 11.8. The second-order valence-corrected chi connectivity index (χ2v) is 9.03. The number of hydrogen-bond donors (Lipinski definition) is 1. The molecule has 0 saturated heterocycles. The number of nitrogen functional groups attached to an aromatic ring is 1. The number of fused-ring (bicyclic) bond motifs is 1.